The first-order valence-electron chi connectivity index (χ1n) is 9.10. The lowest BCUT2D eigenvalue weighted by molar-refractivity contribution is -0.149. The van der Waals surface area contributed by atoms with E-state index in [1.54, 1.807) is 49.4 Å². The summed E-state index contributed by atoms with van der Waals surface area (Å²) in [5.41, 5.74) is 2.06. The van der Waals surface area contributed by atoms with E-state index in [4.69, 9.17) is 9.47 Å². The minimum atomic E-state index is -0.880. The summed E-state index contributed by atoms with van der Waals surface area (Å²) in [7, 11) is 0. The van der Waals surface area contributed by atoms with Gasteiger partial charge in [0, 0.05) is 11.1 Å². The van der Waals surface area contributed by atoms with Crippen LogP contribution in [0.15, 0.2) is 54.6 Å². The topological polar surface area (TPSA) is 103 Å². The van der Waals surface area contributed by atoms with Gasteiger partial charge >= 0.3 is 11.9 Å². The number of esters is 2. The zero-order chi connectivity index (χ0) is 21.3. The van der Waals surface area contributed by atoms with E-state index in [1.807, 2.05) is 0 Å². The first-order valence-corrected chi connectivity index (χ1v) is 9.10. The molecule has 0 saturated carbocycles. The minimum Gasteiger partial charge on any atom is -0.450 e. The molecule has 0 aliphatic carbocycles. The predicted octanol–water partition coefficient (Wildman–Crippen LogP) is 2.50. The van der Waals surface area contributed by atoms with Gasteiger partial charge < -0.3 is 9.47 Å². The minimum absolute atomic E-state index is 0.255. The second kappa shape index (κ2) is 7.75. The fourth-order valence-electron chi connectivity index (χ4n) is 3.21. The Balaban J connectivity index is 1.37. The third kappa shape index (κ3) is 3.50. The molecule has 0 radical (unpaired) electrons. The van der Waals surface area contributed by atoms with Gasteiger partial charge in [0.25, 0.3) is 11.8 Å². The first-order chi connectivity index (χ1) is 14.5. The van der Waals surface area contributed by atoms with E-state index in [0.717, 1.165) is 4.90 Å². The van der Waals surface area contributed by atoms with Crippen LogP contribution < -0.4 is 0 Å². The van der Waals surface area contributed by atoms with Crippen molar-refractivity contribution in [3.05, 3.63) is 77.0 Å². The lowest BCUT2D eigenvalue weighted by Crippen LogP contribution is -2.34. The molecule has 1 aliphatic rings. The Morgan fingerprint density at radius 1 is 0.933 bits per heavy atom. The lowest BCUT2D eigenvalue weighted by Gasteiger charge is -2.14. The van der Waals surface area contributed by atoms with Crippen molar-refractivity contribution >= 4 is 34.7 Å². The van der Waals surface area contributed by atoms with Crippen LogP contribution in [-0.2, 0) is 14.3 Å². The zero-order valence-corrected chi connectivity index (χ0v) is 16.0. The second-order valence-corrected chi connectivity index (χ2v) is 6.63. The number of amides is 2. The molecule has 1 aromatic heterocycles. The Hall–Kier alpha value is -4.07. The number of hydrogen-bond acceptors (Lipinski definition) is 7. The number of benzene rings is 2. The van der Waals surface area contributed by atoms with E-state index in [1.165, 1.54) is 12.1 Å². The fourth-order valence-corrected chi connectivity index (χ4v) is 3.21. The molecule has 8 heteroatoms. The Bertz CT molecular complexity index is 1170. The lowest BCUT2D eigenvalue weighted by atomic mass is 10.1. The van der Waals surface area contributed by atoms with E-state index < -0.39 is 37.1 Å². The number of carbonyl (C=O) groups excluding carboxylic acids is 4. The molecule has 150 valence electrons. The summed E-state index contributed by atoms with van der Waals surface area (Å²) in [6, 6.07) is 15.0. The van der Waals surface area contributed by atoms with Crippen molar-refractivity contribution in [3.8, 4) is 0 Å². The molecule has 0 bridgehead atoms. The number of aromatic nitrogens is 1. The Kier molecular flexibility index (Phi) is 4.97. The first kappa shape index (κ1) is 19.3. The van der Waals surface area contributed by atoms with Crippen LogP contribution in [0.4, 0.5) is 0 Å². The summed E-state index contributed by atoms with van der Waals surface area (Å²) < 4.78 is 10.0. The van der Waals surface area contributed by atoms with Gasteiger partial charge in [-0.15, -0.1) is 0 Å². The van der Waals surface area contributed by atoms with Crippen molar-refractivity contribution in [2.75, 3.05) is 13.3 Å². The fraction of sp³-hybridized carbons (Fsp3) is 0.136. The molecule has 1 aliphatic heterocycles. The summed E-state index contributed by atoms with van der Waals surface area (Å²) in [5.74, 6) is -2.66. The maximum Gasteiger partial charge on any atom is 0.346 e. The highest BCUT2D eigenvalue weighted by Gasteiger charge is 2.35. The van der Waals surface area contributed by atoms with Gasteiger partial charge in [-0.3, -0.25) is 14.6 Å². The van der Waals surface area contributed by atoms with Crippen LogP contribution in [0.2, 0.25) is 0 Å². The number of ether oxygens (including phenoxy) is 2. The molecule has 0 atom stereocenters. The van der Waals surface area contributed by atoms with E-state index in [2.05, 4.69) is 4.98 Å². The number of hydrogen-bond donors (Lipinski definition) is 0. The summed E-state index contributed by atoms with van der Waals surface area (Å²) in [5, 5.41) is 0.604. The van der Waals surface area contributed by atoms with Crippen LogP contribution in [0.25, 0.3) is 10.9 Å². The van der Waals surface area contributed by atoms with Gasteiger partial charge in [0.2, 0.25) is 0 Å². The largest absolute Gasteiger partial charge is 0.450 e. The van der Waals surface area contributed by atoms with Crippen molar-refractivity contribution in [3.63, 3.8) is 0 Å². The summed E-state index contributed by atoms with van der Waals surface area (Å²) in [6.45, 7) is 0.539. The number of aryl methyl sites for hydroxylation is 1. The molecule has 2 aromatic carbocycles. The third-order valence-electron chi connectivity index (χ3n) is 4.62. The monoisotopic (exact) mass is 404 g/mol. The Morgan fingerprint density at radius 2 is 1.57 bits per heavy atom. The standard InChI is InChI=1S/C22H16N2O6/c1-13-10-17(14-6-4-5-9-18(14)23-13)22(28)29-11-19(25)30-12-24-20(26)15-7-2-3-8-16(15)21(24)27/h2-10H,11-12H2,1H3. The van der Waals surface area contributed by atoms with Crippen LogP contribution in [-0.4, -0.2) is 47.0 Å². The molecule has 2 amide bonds. The molecule has 4 rings (SSSR count). The summed E-state index contributed by atoms with van der Waals surface area (Å²) in [6.07, 6.45) is 0. The van der Waals surface area contributed by atoms with Gasteiger partial charge in [-0.2, -0.15) is 0 Å². The predicted molar refractivity (Wildman–Crippen MR) is 105 cm³/mol. The molecule has 8 nitrogen and oxygen atoms in total. The van der Waals surface area contributed by atoms with Crippen LogP contribution >= 0.6 is 0 Å². The van der Waals surface area contributed by atoms with E-state index in [-0.39, 0.29) is 16.7 Å². The number of imide groups is 1. The molecular weight excluding hydrogens is 388 g/mol. The molecule has 3 aromatic rings. The molecule has 2 heterocycles. The van der Waals surface area contributed by atoms with Crippen molar-refractivity contribution < 1.29 is 28.7 Å². The number of nitrogens with zero attached hydrogens (tertiary/aromatic N) is 2. The summed E-state index contributed by atoms with van der Waals surface area (Å²) >= 11 is 0. The quantitative estimate of drug-likeness (QED) is 0.475. The molecule has 0 spiro atoms. The highest BCUT2D eigenvalue weighted by Crippen LogP contribution is 2.22. The normalized spacial score (nSPS) is 12.8. The van der Waals surface area contributed by atoms with Crippen LogP contribution in [0.5, 0.6) is 0 Å². The number of pyridine rings is 1. The molecule has 0 unspecified atom stereocenters. The Morgan fingerprint density at radius 3 is 2.27 bits per heavy atom. The average molecular weight is 404 g/mol. The molecular formula is C22H16N2O6. The van der Waals surface area contributed by atoms with Crippen molar-refractivity contribution in [2.45, 2.75) is 6.92 Å². The molecule has 0 saturated heterocycles. The van der Waals surface area contributed by atoms with Crippen molar-refractivity contribution in [2.24, 2.45) is 0 Å². The van der Waals surface area contributed by atoms with Gasteiger partial charge in [-0.1, -0.05) is 30.3 Å². The van der Waals surface area contributed by atoms with Crippen molar-refractivity contribution in [1.29, 1.82) is 0 Å². The van der Waals surface area contributed by atoms with Crippen molar-refractivity contribution in [1.82, 2.24) is 9.88 Å². The van der Waals surface area contributed by atoms with Gasteiger partial charge in [0.1, 0.15) is 0 Å². The number of para-hydroxylation sites is 1. The number of fused-ring (bicyclic) bond motifs is 2. The Labute approximate surface area is 171 Å². The van der Waals surface area contributed by atoms with Crippen LogP contribution in [0, 0.1) is 6.92 Å². The molecule has 0 N–H and O–H groups in total. The van der Waals surface area contributed by atoms with Crippen LogP contribution in [0.3, 0.4) is 0 Å². The van der Waals surface area contributed by atoms with E-state index in [9.17, 15) is 19.2 Å². The zero-order valence-electron chi connectivity index (χ0n) is 16.0. The maximum absolute atomic E-state index is 12.5. The number of carbonyl (C=O) groups is 4. The summed E-state index contributed by atoms with van der Waals surface area (Å²) in [4.78, 5) is 54.1. The third-order valence-corrected chi connectivity index (χ3v) is 4.62. The van der Waals surface area contributed by atoms with Gasteiger partial charge in [-0.25, -0.2) is 14.5 Å². The van der Waals surface area contributed by atoms with Gasteiger partial charge in [0.05, 0.1) is 22.2 Å². The SMILES string of the molecule is Cc1cc(C(=O)OCC(=O)OCN2C(=O)c3ccccc3C2=O)c2ccccc2n1. The van der Waals surface area contributed by atoms with E-state index >= 15 is 0 Å². The van der Waals surface area contributed by atoms with E-state index in [0.29, 0.717) is 16.6 Å². The van der Waals surface area contributed by atoms with Crippen LogP contribution in [0.1, 0.15) is 36.8 Å². The average Bonchev–Trinajstić information content (AvgIpc) is 3.00. The highest BCUT2D eigenvalue weighted by atomic mass is 16.6. The number of rotatable bonds is 5. The smallest absolute Gasteiger partial charge is 0.346 e. The molecule has 30 heavy (non-hydrogen) atoms. The second-order valence-electron chi connectivity index (χ2n) is 6.63. The molecule has 0 fully saturated rings. The van der Waals surface area contributed by atoms with Gasteiger partial charge in [-0.05, 0) is 31.2 Å². The van der Waals surface area contributed by atoms with Gasteiger partial charge in [0.15, 0.2) is 13.3 Å². The highest BCUT2D eigenvalue weighted by molar-refractivity contribution is 6.21. The maximum atomic E-state index is 12.5.